The number of pyridine rings is 1. The predicted molar refractivity (Wildman–Crippen MR) is 48.7 cm³/mol. The molecule has 0 unspecified atom stereocenters. The molecule has 2 N–H and O–H groups in total. The maximum Gasteiger partial charge on any atom is 0.131 e. The molecular weight excluding hydrogens is 220 g/mol. The molecule has 0 saturated carbocycles. The minimum absolute atomic E-state index is 0.599. The van der Waals surface area contributed by atoms with Gasteiger partial charge in [0.05, 0.1) is 5.69 Å². The van der Waals surface area contributed by atoms with Crippen LogP contribution < -0.4 is 5.32 Å². The smallest absolute Gasteiger partial charge is 0.131 e. The molecule has 2 heterocycles. The van der Waals surface area contributed by atoms with Crippen LogP contribution in [0.1, 0.15) is 5.69 Å². The van der Waals surface area contributed by atoms with E-state index in [0.717, 1.165) is 10.2 Å². The van der Waals surface area contributed by atoms with Gasteiger partial charge in [-0.3, -0.25) is 4.98 Å². The molecule has 2 rings (SSSR count). The molecule has 1 aliphatic heterocycles. The number of β-amino-alcohol motifs (C(OH)–C–C–N with tert-alkyl or cyclic N) is 1. The topological polar surface area (TPSA) is 45.2 Å². The zero-order chi connectivity index (χ0) is 8.60. The molecule has 0 atom stereocenters. The van der Waals surface area contributed by atoms with Crippen LogP contribution in [0.4, 0.5) is 0 Å². The van der Waals surface area contributed by atoms with Gasteiger partial charge in [0.2, 0.25) is 0 Å². The number of rotatable bonds is 1. The van der Waals surface area contributed by atoms with Crippen LogP contribution in [0.15, 0.2) is 22.8 Å². The molecule has 0 amide bonds. The summed E-state index contributed by atoms with van der Waals surface area (Å²) in [4.78, 5) is 4.14. The Morgan fingerprint density at radius 1 is 1.50 bits per heavy atom. The van der Waals surface area contributed by atoms with Gasteiger partial charge in [-0.2, -0.15) is 0 Å². The van der Waals surface area contributed by atoms with Crippen molar-refractivity contribution in [2.45, 2.75) is 5.60 Å². The van der Waals surface area contributed by atoms with Gasteiger partial charge in [0.1, 0.15) is 5.60 Å². The summed E-state index contributed by atoms with van der Waals surface area (Å²) in [6.07, 6.45) is 1.70. The van der Waals surface area contributed by atoms with Gasteiger partial charge in [-0.05, 0) is 28.1 Å². The Kier molecular flexibility index (Phi) is 1.90. The van der Waals surface area contributed by atoms with E-state index in [1.165, 1.54) is 0 Å². The van der Waals surface area contributed by atoms with E-state index in [4.69, 9.17) is 0 Å². The normalized spacial score (nSPS) is 20.2. The fraction of sp³-hybridized carbons (Fsp3) is 0.375. The SMILES string of the molecule is OC1(c2ccc(Br)cn2)CNC1. The fourth-order valence-corrected chi connectivity index (χ4v) is 1.43. The average Bonchev–Trinajstić information content (AvgIpc) is 2.02. The van der Waals surface area contributed by atoms with Crippen LogP contribution in [0.25, 0.3) is 0 Å². The number of aliphatic hydroxyl groups is 1. The van der Waals surface area contributed by atoms with Gasteiger partial charge in [0.15, 0.2) is 0 Å². The molecule has 1 aliphatic rings. The second-order valence-corrected chi connectivity index (χ2v) is 3.91. The minimum atomic E-state index is -0.735. The van der Waals surface area contributed by atoms with Crippen molar-refractivity contribution in [3.05, 3.63) is 28.5 Å². The Hall–Kier alpha value is -0.450. The lowest BCUT2D eigenvalue weighted by atomic mass is 9.93. The highest BCUT2D eigenvalue weighted by Crippen LogP contribution is 2.23. The number of nitrogens with zero attached hydrogens (tertiary/aromatic N) is 1. The molecule has 0 aromatic carbocycles. The van der Waals surface area contributed by atoms with E-state index in [1.807, 2.05) is 12.1 Å². The Morgan fingerprint density at radius 3 is 2.67 bits per heavy atom. The maximum atomic E-state index is 9.83. The summed E-state index contributed by atoms with van der Waals surface area (Å²) in [6, 6.07) is 3.73. The van der Waals surface area contributed by atoms with E-state index in [0.29, 0.717) is 13.1 Å². The second kappa shape index (κ2) is 2.80. The van der Waals surface area contributed by atoms with Crippen LogP contribution in [-0.4, -0.2) is 23.2 Å². The third-order valence-corrected chi connectivity index (χ3v) is 2.51. The molecule has 1 aromatic heterocycles. The lowest BCUT2D eigenvalue weighted by Gasteiger charge is -2.36. The van der Waals surface area contributed by atoms with Crippen molar-refractivity contribution in [3.8, 4) is 0 Å². The highest BCUT2D eigenvalue weighted by Gasteiger charge is 2.37. The molecule has 0 aliphatic carbocycles. The monoisotopic (exact) mass is 228 g/mol. The third kappa shape index (κ3) is 1.26. The summed E-state index contributed by atoms with van der Waals surface area (Å²) < 4.78 is 0.933. The van der Waals surface area contributed by atoms with Gasteiger partial charge in [0, 0.05) is 23.8 Å². The lowest BCUT2D eigenvalue weighted by Crippen LogP contribution is -2.57. The Balaban J connectivity index is 2.28. The number of aromatic nitrogens is 1. The van der Waals surface area contributed by atoms with Crippen LogP contribution >= 0.6 is 15.9 Å². The second-order valence-electron chi connectivity index (χ2n) is 3.00. The van der Waals surface area contributed by atoms with Crippen LogP contribution in [0.2, 0.25) is 0 Å². The predicted octanol–water partition coefficient (Wildman–Crippen LogP) is 0.635. The Labute approximate surface area is 79.0 Å². The van der Waals surface area contributed by atoms with Crippen molar-refractivity contribution >= 4 is 15.9 Å². The number of halogens is 1. The van der Waals surface area contributed by atoms with Gasteiger partial charge < -0.3 is 10.4 Å². The molecule has 1 fully saturated rings. The molecule has 0 spiro atoms. The lowest BCUT2D eigenvalue weighted by molar-refractivity contribution is -0.0185. The molecule has 1 aromatic rings. The fourth-order valence-electron chi connectivity index (χ4n) is 1.19. The summed E-state index contributed by atoms with van der Waals surface area (Å²) in [6.45, 7) is 1.20. The van der Waals surface area contributed by atoms with Crippen molar-refractivity contribution in [1.82, 2.24) is 10.3 Å². The van der Waals surface area contributed by atoms with Crippen molar-refractivity contribution in [3.63, 3.8) is 0 Å². The van der Waals surface area contributed by atoms with Crippen molar-refractivity contribution in [2.24, 2.45) is 0 Å². The molecule has 12 heavy (non-hydrogen) atoms. The van der Waals surface area contributed by atoms with E-state index in [2.05, 4.69) is 26.2 Å². The molecule has 64 valence electrons. The van der Waals surface area contributed by atoms with Crippen molar-refractivity contribution in [1.29, 1.82) is 0 Å². The standard InChI is InChI=1S/C8H9BrN2O/c9-6-1-2-7(11-3-6)8(12)4-10-5-8/h1-3,10,12H,4-5H2. The molecule has 3 nitrogen and oxygen atoms in total. The molecule has 1 saturated heterocycles. The van der Waals surface area contributed by atoms with Crippen LogP contribution in [-0.2, 0) is 5.60 Å². The first-order valence-corrected chi connectivity index (χ1v) is 4.55. The average molecular weight is 229 g/mol. The van der Waals surface area contributed by atoms with E-state index >= 15 is 0 Å². The van der Waals surface area contributed by atoms with E-state index in [9.17, 15) is 5.11 Å². The molecule has 4 heteroatoms. The first kappa shape index (κ1) is 8.16. The van der Waals surface area contributed by atoms with E-state index in [-0.39, 0.29) is 0 Å². The Morgan fingerprint density at radius 2 is 2.25 bits per heavy atom. The maximum absolute atomic E-state index is 9.83. The highest BCUT2D eigenvalue weighted by atomic mass is 79.9. The number of nitrogens with one attached hydrogen (secondary N) is 1. The quantitative estimate of drug-likeness (QED) is 0.742. The van der Waals surface area contributed by atoms with Gasteiger partial charge in [-0.1, -0.05) is 0 Å². The summed E-state index contributed by atoms with van der Waals surface area (Å²) in [5.41, 5.74) is 0.00481. The van der Waals surface area contributed by atoms with Crippen LogP contribution in [0.5, 0.6) is 0 Å². The summed E-state index contributed by atoms with van der Waals surface area (Å²) in [5, 5.41) is 12.8. The van der Waals surface area contributed by atoms with Crippen LogP contribution in [0, 0.1) is 0 Å². The van der Waals surface area contributed by atoms with E-state index in [1.54, 1.807) is 6.20 Å². The largest absolute Gasteiger partial charge is 0.381 e. The van der Waals surface area contributed by atoms with Gasteiger partial charge in [-0.15, -0.1) is 0 Å². The molecular formula is C8H9BrN2O. The zero-order valence-electron chi connectivity index (χ0n) is 6.42. The van der Waals surface area contributed by atoms with Crippen molar-refractivity contribution < 1.29 is 5.11 Å². The summed E-state index contributed by atoms with van der Waals surface area (Å²) in [5.74, 6) is 0. The third-order valence-electron chi connectivity index (χ3n) is 2.04. The van der Waals surface area contributed by atoms with Gasteiger partial charge in [-0.25, -0.2) is 0 Å². The highest BCUT2D eigenvalue weighted by molar-refractivity contribution is 9.10. The Bertz CT molecular complexity index is 282. The minimum Gasteiger partial charge on any atom is -0.381 e. The van der Waals surface area contributed by atoms with Crippen LogP contribution in [0.3, 0.4) is 0 Å². The summed E-state index contributed by atoms with van der Waals surface area (Å²) in [7, 11) is 0. The van der Waals surface area contributed by atoms with E-state index < -0.39 is 5.60 Å². The first-order chi connectivity index (χ1) is 5.71. The number of hydrogen-bond acceptors (Lipinski definition) is 3. The molecule has 0 radical (unpaired) electrons. The van der Waals surface area contributed by atoms with Gasteiger partial charge in [0.25, 0.3) is 0 Å². The summed E-state index contributed by atoms with van der Waals surface area (Å²) >= 11 is 3.29. The zero-order valence-corrected chi connectivity index (χ0v) is 8.00. The first-order valence-electron chi connectivity index (χ1n) is 3.76. The van der Waals surface area contributed by atoms with Crippen molar-refractivity contribution in [2.75, 3.05) is 13.1 Å². The number of hydrogen-bond donors (Lipinski definition) is 2. The van der Waals surface area contributed by atoms with Gasteiger partial charge >= 0.3 is 0 Å². The molecule has 0 bridgehead atoms.